The molecule has 1 amide bonds. The topological polar surface area (TPSA) is 101 Å². The molecule has 7 nitrogen and oxygen atoms in total. The molecule has 0 saturated carbocycles. The summed E-state index contributed by atoms with van der Waals surface area (Å²) >= 11 is 4.58. The molecule has 2 N–H and O–H groups in total. The molecule has 1 aliphatic rings. The zero-order valence-corrected chi connectivity index (χ0v) is 17.3. The van der Waals surface area contributed by atoms with E-state index in [0.29, 0.717) is 17.4 Å². The summed E-state index contributed by atoms with van der Waals surface area (Å²) < 4.78 is 0.839. The fourth-order valence-electron chi connectivity index (χ4n) is 3.18. The van der Waals surface area contributed by atoms with Crippen molar-refractivity contribution in [3.63, 3.8) is 0 Å². The van der Waals surface area contributed by atoms with Crippen molar-refractivity contribution in [3.8, 4) is 0 Å². The molecule has 142 valence electrons. The molecule has 10 heteroatoms. The van der Waals surface area contributed by atoms with Crippen molar-refractivity contribution in [2.75, 3.05) is 11.1 Å². The number of hydrogen-bond acceptors (Lipinski definition) is 8. The first-order valence-corrected chi connectivity index (χ1v) is 11.6. The number of rotatable bonds is 6. The maximum absolute atomic E-state index is 12.5. The number of aromatic nitrogens is 4. The molecule has 4 rings (SSSR count). The summed E-state index contributed by atoms with van der Waals surface area (Å²) in [6.45, 7) is 2.04. The number of nitrogens with zero attached hydrogens (tertiary/aromatic N) is 3. The summed E-state index contributed by atoms with van der Waals surface area (Å²) in [6, 6.07) is 0. The number of hydrogen-bond donors (Lipinski definition) is 2. The highest BCUT2D eigenvalue weighted by atomic mass is 32.2. The van der Waals surface area contributed by atoms with E-state index in [2.05, 4.69) is 25.5 Å². The number of aryl methyl sites for hydroxylation is 3. The molecule has 27 heavy (non-hydrogen) atoms. The minimum Gasteiger partial charge on any atom is -0.310 e. The van der Waals surface area contributed by atoms with E-state index in [9.17, 15) is 9.59 Å². The van der Waals surface area contributed by atoms with Crippen LogP contribution in [0.15, 0.2) is 9.13 Å². The van der Waals surface area contributed by atoms with Gasteiger partial charge in [0.15, 0.2) is 4.34 Å². The molecule has 0 atom stereocenters. The first-order valence-electron chi connectivity index (χ1n) is 8.93. The van der Waals surface area contributed by atoms with Crippen LogP contribution < -0.4 is 10.9 Å². The smallest absolute Gasteiger partial charge is 0.259 e. The van der Waals surface area contributed by atoms with E-state index in [1.807, 2.05) is 6.92 Å². The summed E-state index contributed by atoms with van der Waals surface area (Å²) in [7, 11) is 0. The minimum atomic E-state index is -0.160. The van der Waals surface area contributed by atoms with Crippen LogP contribution in [-0.2, 0) is 24.1 Å². The Kier molecular flexibility index (Phi) is 5.55. The summed E-state index contributed by atoms with van der Waals surface area (Å²) in [5.41, 5.74) is 1.09. The van der Waals surface area contributed by atoms with E-state index >= 15 is 0 Å². The van der Waals surface area contributed by atoms with Crippen molar-refractivity contribution >= 4 is 55.7 Å². The molecule has 0 aliphatic heterocycles. The van der Waals surface area contributed by atoms with E-state index in [1.165, 1.54) is 28.2 Å². The van der Waals surface area contributed by atoms with Gasteiger partial charge in [0.05, 0.1) is 5.39 Å². The average Bonchev–Trinajstić information content (AvgIpc) is 3.24. The Morgan fingerprint density at radius 3 is 2.96 bits per heavy atom. The van der Waals surface area contributed by atoms with Gasteiger partial charge in [0, 0.05) is 17.7 Å². The lowest BCUT2D eigenvalue weighted by Crippen LogP contribution is -2.16. The molecule has 0 fully saturated rings. The highest BCUT2D eigenvalue weighted by molar-refractivity contribution is 8.01. The van der Waals surface area contributed by atoms with Gasteiger partial charge in [-0.25, -0.2) is 4.98 Å². The third-order valence-corrected chi connectivity index (χ3v) is 7.42. The van der Waals surface area contributed by atoms with Gasteiger partial charge in [-0.3, -0.25) is 9.59 Å². The predicted molar refractivity (Wildman–Crippen MR) is 110 cm³/mol. The van der Waals surface area contributed by atoms with Crippen molar-refractivity contribution in [2.45, 2.75) is 49.8 Å². The molecule has 0 spiro atoms. The second-order valence-corrected chi connectivity index (χ2v) is 9.83. The summed E-state index contributed by atoms with van der Waals surface area (Å²) in [6.07, 6.45) is 4.92. The number of fused-ring (bicyclic) bond motifs is 3. The van der Waals surface area contributed by atoms with Gasteiger partial charge in [-0.15, -0.1) is 21.5 Å². The number of thioether (sulfide) groups is 1. The van der Waals surface area contributed by atoms with Crippen molar-refractivity contribution in [1.82, 2.24) is 20.2 Å². The predicted octanol–water partition coefficient (Wildman–Crippen LogP) is 3.40. The van der Waals surface area contributed by atoms with Crippen LogP contribution in [0.25, 0.3) is 10.2 Å². The van der Waals surface area contributed by atoms with Crippen molar-refractivity contribution < 1.29 is 4.79 Å². The van der Waals surface area contributed by atoms with Gasteiger partial charge in [0.25, 0.3) is 5.56 Å². The lowest BCUT2D eigenvalue weighted by Gasteiger charge is -2.09. The van der Waals surface area contributed by atoms with Gasteiger partial charge in [0.2, 0.25) is 11.0 Å². The molecule has 1 aliphatic carbocycles. The van der Waals surface area contributed by atoms with Gasteiger partial charge in [-0.1, -0.05) is 30.0 Å². The largest absolute Gasteiger partial charge is 0.310 e. The number of H-pyrrole nitrogens is 1. The van der Waals surface area contributed by atoms with Crippen LogP contribution in [0.4, 0.5) is 5.13 Å². The number of carbonyl (C=O) groups excluding carboxylic acids is 1. The molecule has 3 aromatic heterocycles. The molecule has 0 radical (unpaired) electrons. The fraction of sp³-hybridized carbons (Fsp3) is 0.471. The summed E-state index contributed by atoms with van der Waals surface area (Å²) in [5.74, 6) is 1.31. The van der Waals surface area contributed by atoms with Gasteiger partial charge < -0.3 is 10.3 Å². The molecule has 0 bridgehead atoms. The Morgan fingerprint density at radius 2 is 2.11 bits per heavy atom. The van der Waals surface area contributed by atoms with Crippen LogP contribution in [0.5, 0.6) is 0 Å². The zero-order valence-electron chi connectivity index (χ0n) is 14.8. The first-order chi connectivity index (χ1) is 13.1. The SMILES string of the molecule is CCSc1nnc(NC(=O)CCc2nc3sc4c(c3c(=O)[nH]2)CCCC4)s1. The number of carbonyl (C=O) groups is 1. The molecule has 3 aromatic rings. The van der Waals surface area contributed by atoms with Crippen molar-refractivity contribution in [3.05, 3.63) is 26.6 Å². The molecule has 3 heterocycles. The summed E-state index contributed by atoms with van der Waals surface area (Å²) in [4.78, 5) is 34.2. The number of nitrogens with one attached hydrogen (secondary N) is 2. The number of amides is 1. The van der Waals surface area contributed by atoms with E-state index in [1.54, 1.807) is 23.1 Å². The van der Waals surface area contributed by atoms with E-state index in [4.69, 9.17) is 0 Å². The van der Waals surface area contributed by atoms with Crippen LogP contribution >= 0.6 is 34.4 Å². The zero-order chi connectivity index (χ0) is 18.8. The molecule has 0 saturated heterocycles. The van der Waals surface area contributed by atoms with Crippen LogP contribution in [0, 0.1) is 0 Å². The van der Waals surface area contributed by atoms with Gasteiger partial charge >= 0.3 is 0 Å². The minimum absolute atomic E-state index is 0.0832. The standard InChI is InChI=1S/C17H19N5O2S3/c1-2-25-17-22-21-16(27-17)20-12(23)8-7-11-18-14(24)13-9-5-3-4-6-10(9)26-15(13)19-11/h2-8H2,1H3,(H,18,19,24)(H,20,21,23). The van der Waals surface area contributed by atoms with Crippen LogP contribution in [0.3, 0.4) is 0 Å². The third-order valence-electron chi connectivity index (χ3n) is 4.38. The average molecular weight is 422 g/mol. The fourth-order valence-corrected chi connectivity index (χ4v) is 6.13. The maximum atomic E-state index is 12.5. The van der Waals surface area contributed by atoms with Gasteiger partial charge in [-0.2, -0.15) is 0 Å². The van der Waals surface area contributed by atoms with E-state index < -0.39 is 0 Å². The Hall–Kier alpha value is -1.78. The van der Waals surface area contributed by atoms with Crippen molar-refractivity contribution in [1.29, 1.82) is 0 Å². The van der Waals surface area contributed by atoms with Crippen molar-refractivity contribution in [2.24, 2.45) is 0 Å². The van der Waals surface area contributed by atoms with Crippen LogP contribution in [0.1, 0.15) is 42.5 Å². The quantitative estimate of drug-likeness (QED) is 0.467. The molecular formula is C17H19N5O2S3. The first kappa shape index (κ1) is 18.6. The monoisotopic (exact) mass is 421 g/mol. The second kappa shape index (κ2) is 8.07. The molecule has 0 aromatic carbocycles. The van der Waals surface area contributed by atoms with E-state index in [0.717, 1.165) is 39.6 Å². The Morgan fingerprint density at radius 1 is 1.26 bits per heavy atom. The number of aromatic amines is 1. The lowest BCUT2D eigenvalue weighted by molar-refractivity contribution is -0.116. The molecular weight excluding hydrogens is 402 g/mol. The van der Waals surface area contributed by atoms with E-state index in [-0.39, 0.29) is 17.9 Å². The highest BCUT2D eigenvalue weighted by Crippen LogP contribution is 2.33. The molecule has 0 unspecified atom stereocenters. The Labute approximate surface area is 168 Å². The Balaban J connectivity index is 1.44. The number of thiophene rings is 1. The third kappa shape index (κ3) is 4.07. The second-order valence-electron chi connectivity index (χ2n) is 6.26. The highest BCUT2D eigenvalue weighted by Gasteiger charge is 2.20. The van der Waals surface area contributed by atoms with Crippen LogP contribution in [0.2, 0.25) is 0 Å². The van der Waals surface area contributed by atoms with Gasteiger partial charge in [-0.05, 0) is 37.0 Å². The summed E-state index contributed by atoms with van der Waals surface area (Å²) in [5, 5.41) is 12.0. The van der Waals surface area contributed by atoms with Crippen LogP contribution in [-0.4, -0.2) is 31.8 Å². The Bertz CT molecular complexity index is 1040. The van der Waals surface area contributed by atoms with Gasteiger partial charge in [0.1, 0.15) is 10.7 Å². The maximum Gasteiger partial charge on any atom is 0.259 e. The number of anilines is 1. The normalized spacial score (nSPS) is 13.7. The lowest BCUT2D eigenvalue weighted by atomic mass is 9.97.